The van der Waals surface area contributed by atoms with E-state index in [1.807, 2.05) is 13.8 Å². The first-order valence-electron chi connectivity index (χ1n) is 6.68. The second kappa shape index (κ2) is 6.22. The average molecular weight is 296 g/mol. The lowest BCUT2D eigenvalue weighted by atomic mass is 10.2. The summed E-state index contributed by atoms with van der Waals surface area (Å²) in [7, 11) is 0. The third-order valence-corrected chi connectivity index (χ3v) is 3.59. The summed E-state index contributed by atoms with van der Waals surface area (Å²) < 4.78 is 0. The van der Waals surface area contributed by atoms with Gasteiger partial charge in [0.05, 0.1) is 10.6 Å². The topological polar surface area (TPSA) is 62.3 Å². The molecule has 1 N–H and O–H groups in total. The molecule has 1 aliphatic rings. The summed E-state index contributed by atoms with van der Waals surface area (Å²) in [5, 5.41) is 3.24. The van der Waals surface area contributed by atoms with Crippen molar-refractivity contribution < 1.29 is 9.59 Å². The Hall–Kier alpha value is -1.62. The molecular weight excluding hydrogens is 278 g/mol. The zero-order valence-electron chi connectivity index (χ0n) is 11.6. The number of carbonyl (C=O) groups is 2. The summed E-state index contributed by atoms with van der Waals surface area (Å²) in [4.78, 5) is 29.5. The lowest BCUT2D eigenvalue weighted by molar-refractivity contribution is -0.127. The van der Waals surface area contributed by atoms with E-state index in [4.69, 9.17) is 11.6 Å². The van der Waals surface area contributed by atoms with Gasteiger partial charge in [-0.15, -0.1) is 0 Å². The predicted octanol–water partition coefficient (Wildman–Crippen LogP) is 1.78. The van der Waals surface area contributed by atoms with Crippen LogP contribution in [0.15, 0.2) is 12.3 Å². The van der Waals surface area contributed by atoms with Crippen LogP contribution >= 0.6 is 11.6 Å². The zero-order valence-corrected chi connectivity index (χ0v) is 12.4. The number of aromatic nitrogens is 1. The number of hydrogen-bond donors (Lipinski definition) is 1. The molecule has 1 fully saturated rings. The van der Waals surface area contributed by atoms with Gasteiger partial charge < -0.3 is 10.2 Å². The highest BCUT2D eigenvalue weighted by Gasteiger charge is 2.23. The molecule has 0 aliphatic carbocycles. The second-order valence-corrected chi connectivity index (χ2v) is 5.53. The van der Waals surface area contributed by atoms with Crippen LogP contribution in [0, 0.1) is 6.92 Å². The van der Waals surface area contributed by atoms with E-state index >= 15 is 0 Å². The van der Waals surface area contributed by atoms with Crippen LogP contribution in [0.5, 0.6) is 0 Å². The maximum atomic E-state index is 12.1. The van der Waals surface area contributed by atoms with Crippen molar-refractivity contribution in [3.63, 3.8) is 0 Å². The summed E-state index contributed by atoms with van der Waals surface area (Å²) >= 11 is 6.04. The van der Waals surface area contributed by atoms with Gasteiger partial charge in [0.2, 0.25) is 5.91 Å². The molecule has 2 amide bonds. The minimum absolute atomic E-state index is 0.123. The van der Waals surface area contributed by atoms with Crippen molar-refractivity contribution in [3.05, 3.63) is 28.5 Å². The highest BCUT2D eigenvalue weighted by atomic mass is 35.5. The minimum Gasteiger partial charge on any atom is -0.348 e. The molecule has 1 aliphatic heterocycles. The van der Waals surface area contributed by atoms with Crippen LogP contribution in [-0.4, -0.2) is 40.8 Å². The van der Waals surface area contributed by atoms with E-state index in [0.717, 1.165) is 18.7 Å². The van der Waals surface area contributed by atoms with Gasteiger partial charge in [0.15, 0.2) is 0 Å². The molecule has 6 heteroatoms. The van der Waals surface area contributed by atoms with Crippen molar-refractivity contribution in [3.8, 4) is 0 Å². The lowest BCUT2D eigenvalue weighted by Crippen LogP contribution is -2.42. The molecule has 0 bridgehead atoms. The summed E-state index contributed by atoms with van der Waals surface area (Å²) in [5.41, 5.74) is 1.12. The third-order valence-electron chi connectivity index (χ3n) is 3.28. The van der Waals surface area contributed by atoms with Crippen LogP contribution in [0.3, 0.4) is 0 Å². The molecule has 1 unspecified atom stereocenters. The van der Waals surface area contributed by atoms with Gasteiger partial charge in [0, 0.05) is 37.4 Å². The number of likely N-dealkylation sites (tertiary alicyclic amines) is 1. The molecule has 1 aromatic heterocycles. The van der Waals surface area contributed by atoms with Gasteiger partial charge in [0.1, 0.15) is 0 Å². The number of halogens is 1. The molecule has 0 saturated carbocycles. The summed E-state index contributed by atoms with van der Waals surface area (Å²) in [6.45, 7) is 4.99. The number of nitrogens with one attached hydrogen (secondary N) is 1. The summed E-state index contributed by atoms with van der Waals surface area (Å²) in [5.74, 6) is -0.109. The molecule has 5 nitrogen and oxygen atoms in total. The monoisotopic (exact) mass is 295 g/mol. The number of nitrogens with zero attached hydrogens (tertiary/aromatic N) is 2. The largest absolute Gasteiger partial charge is 0.348 e. The zero-order chi connectivity index (χ0) is 14.7. The van der Waals surface area contributed by atoms with Crippen LogP contribution in [-0.2, 0) is 4.79 Å². The summed E-state index contributed by atoms with van der Waals surface area (Å²) in [6.07, 6.45) is 2.97. The van der Waals surface area contributed by atoms with E-state index in [9.17, 15) is 9.59 Å². The molecule has 2 heterocycles. The number of hydrogen-bond acceptors (Lipinski definition) is 3. The first-order chi connectivity index (χ1) is 9.47. The number of rotatable bonds is 4. The lowest BCUT2D eigenvalue weighted by Gasteiger charge is -2.21. The predicted molar refractivity (Wildman–Crippen MR) is 76.7 cm³/mol. The Bertz CT molecular complexity index is 533. The Labute approximate surface area is 123 Å². The smallest absolute Gasteiger partial charge is 0.254 e. The Kier molecular flexibility index (Phi) is 4.60. The maximum Gasteiger partial charge on any atom is 0.254 e. The number of carbonyl (C=O) groups excluding carboxylic acids is 2. The van der Waals surface area contributed by atoms with Crippen molar-refractivity contribution in [1.82, 2.24) is 15.2 Å². The summed E-state index contributed by atoms with van der Waals surface area (Å²) in [6, 6.07) is 1.53. The fourth-order valence-corrected chi connectivity index (χ4v) is 2.56. The Balaban J connectivity index is 1.95. The number of aryl methyl sites for hydroxylation is 1. The number of amides is 2. The quantitative estimate of drug-likeness (QED) is 0.921. The van der Waals surface area contributed by atoms with Gasteiger partial charge in [0.25, 0.3) is 5.91 Å². The maximum absolute atomic E-state index is 12.1. The minimum atomic E-state index is -0.262. The fourth-order valence-electron chi connectivity index (χ4n) is 2.27. The van der Waals surface area contributed by atoms with Crippen molar-refractivity contribution >= 4 is 23.4 Å². The van der Waals surface area contributed by atoms with Gasteiger partial charge >= 0.3 is 0 Å². The molecule has 1 atom stereocenters. The molecule has 1 saturated heterocycles. The number of pyridine rings is 1. The molecule has 1 aromatic rings. The van der Waals surface area contributed by atoms with E-state index in [2.05, 4.69) is 10.3 Å². The first kappa shape index (κ1) is 14.8. The van der Waals surface area contributed by atoms with Crippen LogP contribution in [0.1, 0.15) is 35.8 Å². The average Bonchev–Trinajstić information content (AvgIpc) is 2.74. The van der Waals surface area contributed by atoms with Crippen molar-refractivity contribution in [2.45, 2.75) is 32.7 Å². The molecule has 20 heavy (non-hydrogen) atoms. The Morgan fingerprint density at radius 3 is 2.95 bits per heavy atom. The van der Waals surface area contributed by atoms with Crippen molar-refractivity contribution in [1.29, 1.82) is 0 Å². The van der Waals surface area contributed by atoms with Crippen LogP contribution in [0.2, 0.25) is 5.02 Å². The van der Waals surface area contributed by atoms with Gasteiger partial charge in [-0.05, 0) is 26.3 Å². The van der Waals surface area contributed by atoms with Gasteiger partial charge in [-0.25, -0.2) is 0 Å². The SMILES string of the molecule is Cc1cc(Cl)c(C(=O)NC(C)CN2CCCC2=O)cn1. The van der Waals surface area contributed by atoms with Gasteiger partial charge in [-0.1, -0.05) is 11.6 Å². The van der Waals surface area contributed by atoms with Crippen LogP contribution in [0.4, 0.5) is 0 Å². The van der Waals surface area contributed by atoms with E-state index in [1.165, 1.54) is 6.20 Å². The Morgan fingerprint density at radius 2 is 2.35 bits per heavy atom. The molecule has 108 valence electrons. The molecule has 0 radical (unpaired) electrons. The first-order valence-corrected chi connectivity index (χ1v) is 7.06. The third kappa shape index (κ3) is 3.48. The highest BCUT2D eigenvalue weighted by Crippen LogP contribution is 2.16. The fraction of sp³-hybridized carbons (Fsp3) is 0.500. The van der Waals surface area contributed by atoms with E-state index in [1.54, 1.807) is 11.0 Å². The van der Waals surface area contributed by atoms with Gasteiger partial charge in [-0.3, -0.25) is 14.6 Å². The van der Waals surface area contributed by atoms with Crippen LogP contribution in [0.25, 0.3) is 0 Å². The van der Waals surface area contributed by atoms with Gasteiger partial charge in [-0.2, -0.15) is 0 Å². The normalized spacial score (nSPS) is 16.4. The standard InChI is InChI=1S/C14H18ClN3O2/c1-9-6-12(15)11(7-16-9)14(20)17-10(2)8-18-5-3-4-13(18)19/h6-7,10H,3-5,8H2,1-2H3,(H,17,20). The second-order valence-electron chi connectivity index (χ2n) is 5.12. The van der Waals surface area contributed by atoms with E-state index in [-0.39, 0.29) is 17.9 Å². The van der Waals surface area contributed by atoms with Crippen molar-refractivity contribution in [2.24, 2.45) is 0 Å². The van der Waals surface area contributed by atoms with Crippen LogP contribution < -0.4 is 5.32 Å². The van der Waals surface area contributed by atoms with E-state index in [0.29, 0.717) is 23.6 Å². The molecule has 0 aromatic carbocycles. The molecule has 0 spiro atoms. The highest BCUT2D eigenvalue weighted by molar-refractivity contribution is 6.33. The van der Waals surface area contributed by atoms with Crippen molar-refractivity contribution in [2.75, 3.05) is 13.1 Å². The molecule has 2 rings (SSSR count). The van der Waals surface area contributed by atoms with E-state index < -0.39 is 0 Å². The Morgan fingerprint density at radius 1 is 1.60 bits per heavy atom. The molecular formula is C14H18ClN3O2.